The second-order valence-corrected chi connectivity index (χ2v) is 7.83. The first-order valence-corrected chi connectivity index (χ1v) is 9.56. The van der Waals surface area contributed by atoms with Crippen molar-refractivity contribution in [2.75, 3.05) is 5.32 Å². The number of aryl methyl sites for hydroxylation is 2. The van der Waals surface area contributed by atoms with Gasteiger partial charge in [-0.1, -0.05) is 0 Å². The summed E-state index contributed by atoms with van der Waals surface area (Å²) in [5.74, 6) is -0.266. The minimum absolute atomic E-state index is 0.124. The van der Waals surface area contributed by atoms with E-state index in [2.05, 4.69) is 15.3 Å². The van der Waals surface area contributed by atoms with Crippen LogP contribution in [0.4, 0.5) is 5.13 Å². The van der Waals surface area contributed by atoms with Crippen LogP contribution in [-0.4, -0.2) is 20.4 Å². The van der Waals surface area contributed by atoms with Crippen LogP contribution in [0.1, 0.15) is 36.2 Å². The van der Waals surface area contributed by atoms with Gasteiger partial charge in [-0.05, 0) is 38.2 Å². The van der Waals surface area contributed by atoms with E-state index in [1.807, 2.05) is 0 Å². The molecule has 4 rings (SSSR count). The molecule has 0 saturated heterocycles. The molecule has 124 valence electrons. The second-order valence-electron chi connectivity index (χ2n) is 5.85. The molecule has 24 heavy (non-hydrogen) atoms. The van der Waals surface area contributed by atoms with E-state index in [0.29, 0.717) is 10.5 Å². The molecule has 0 fully saturated rings. The topological polar surface area (TPSA) is 76.9 Å². The average molecular weight is 360 g/mol. The van der Waals surface area contributed by atoms with Crippen LogP contribution >= 0.6 is 22.7 Å². The number of thiophene rings is 1. The van der Waals surface area contributed by atoms with Crippen LogP contribution in [0.5, 0.6) is 0 Å². The van der Waals surface area contributed by atoms with E-state index in [0.717, 1.165) is 29.7 Å². The molecule has 1 aliphatic carbocycles. The number of amides is 1. The largest absolute Gasteiger partial charge is 0.300 e. The Balaban J connectivity index is 1.72. The molecular weight excluding hydrogens is 344 g/mol. The van der Waals surface area contributed by atoms with Gasteiger partial charge < -0.3 is 5.32 Å². The minimum atomic E-state index is -0.641. The zero-order valence-electron chi connectivity index (χ0n) is 13.1. The van der Waals surface area contributed by atoms with Crippen LogP contribution in [0, 0.1) is 0 Å². The lowest BCUT2D eigenvalue weighted by molar-refractivity contribution is -0.118. The van der Waals surface area contributed by atoms with E-state index in [9.17, 15) is 9.59 Å². The quantitative estimate of drug-likeness (QED) is 0.779. The van der Waals surface area contributed by atoms with Gasteiger partial charge >= 0.3 is 0 Å². The predicted molar refractivity (Wildman–Crippen MR) is 96.0 cm³/mol. The van der Waals surface area contributed by atoms with Gasteiger partial charge in [-0.25, -0.2) is 9.97 Å². The number of hydrogen-bond acceptors (Lipinski definition) is 6. The molecule has 1 atom stereocenters. The van der Waals surface area contributed by atoms with Gasteiger partial charge in [-0.2, -0.15) is 0 Å². The molecule has 0 aliphatic heterocycles. The molecule has 0 aromatic carbocycles. The van der Waals surface area contributed by atoms with Crippen LogP contribution < -0.4 is 10.9 Å². The SMILES string of the molecule is C[C@@H](C(=O)Nc1nccs1)n1cnc2sc3c(c2c1=O)CCCC3. The highest BCUT2D eigenvalue weighted by Crippen LogP contribution is 2.33. The lowest BCUT2D eigenvalue weighted by Gasteiger charge is -2.14. The van der Waals surface area contributed by atoms with Gasteiger partial charge in [-0.3, -0.25) is 14.2 Å². The summed E-state index contributed by atoms with van der Waals surface area (Å²) in [6.45, 7) is 1.71. The summed E-state index contributed by atoms with van der Waals surface area (Å²) in [5, 5.41) is 5.75. The Kier molecular flexibility index (Phi) is 3.93. The van der Waals surface area contributed by atoms with E-state index in [4.69, 9.17) is 0 Å². The third-order valence-corrected chi connectivity index (χ3v) is 6.25. The summed E-state index contributed by atoms with van der Waals surface area (Å²) >= 11 is 2.96. The van der Waals surface area contributed by atoms with Crippen molar-refractivity contribution in [3.8, 4) is 0 Å². The third-order valence-electron chi connectivity index (χ3n) is 4.36. The van der Waals surface area contributed by atoms with Gasteiger partial charge in [0.2, 0.25) is 5.91 Å². The molecule has 0 unspecified atom stereocenters. The van der Waals surface area contributed by atoms with Gasteiger partial charge in [0.1, 0.15) is 10.9 Å². The summed E-state index contributed by atoms with van der Waals surface area (Å²) in [6.07, 6.45) is 7.33. The van der Waals surface area contributed by atoms with Gasteiger partial charge in [0, 0.05) is 16.5 Å². The molecule has 0 spiro atoms. The fourth-order valence-corrected chi connectivity index (χ4v) is 4.81. The Morgan fingerprint density at radius 3 is 2.96 bits per heavy atom. The van der Waals surface area contributed by atoms with E-state index < -0.39 is 6.04 Å². The Bertz CT molecular complexity index is 959. The van der Waals surface area contributed by atoms with Crippen molar-refractivity contribution in [3.05, 3.63) is 38.7 Å². The Morgan fingerprint density at radius 1 is 1.33 bits per heavy atom. The van der Waals surface area contributed by atoms with Gasteiger partial charge in [-0.15, -0.1) is 22.7 Å². The molecule has 8 heteroatoms. The Morgan fingerprint density at radius 2 is 2.17 bits per heavy atom. The number of carbonyl (C=O) groups excluding carboxylic acids is 1. The second kappa shape index (κ2) is 6.10. The zero-order valence-corrected chi connectivity index (χ0v) is 14.7. The molecule has 3 heterocycles. The predicted octanol–water partition coefficient (Wildman–Crippen LogP) is 2.99. The molecular formula is C16H16N4O2S2. The molecule has 0 saturated carbocycles. The van der Waals surface area contributed by atoms with Crippen molar-refractivity contribution in [1.29, 1.82) is 0 Å². The Hall–Kier alpha value is -2.06. The number of nitrogens with one attached hydrogen (secondary N) is 1. The molecule has 1 aliphatic rings. The first-order valence-electron chi connectivity index (χ1n) is 7.87. The molecule has 3 aromatic heterocycles. The molecule has 0 bridgehead atoms. The monoisotopic (exact) mass is 360 g/mol. The number of fused-ring (bicyclic) bond motifs is 3. The van der Waals surface area contributed by atoms with Crippen molar-refractivity contribution in [1.82, 2.24) is 14.5 Å². The van der Waals surface area contributed by atoms with Crippen LogP contribution in [-0.2, 0) is 17.6 Å². The zero-order chi connectivity index (χ0) is 16.7. The average Bonchev–Trinajstić information content (AvgIpc) is 3.21. The maximum absolute atomic E-state index is 12.9. The van der Waals surface area contributed by atoms with Gasteiger partial charge in [0.15, 0.2) is 5.13 Å². The number of nitrogens with zero attached hydrogens (tertiary/aromatic N) is 3. The van der Waals surface area contributed by atoms with Crippen molar-refractivity contribution in [2.24, 2.45) is 0 Å². The number of aromatic nitrogens is 3. The maximum atomic E-state index is 12.9. The summed E-state index contributed by atoms with van der Waals surface area (Å²) in [6, 6.07) is -0.641. The fourth-order valence-electron chi connectivity index (χ4n) is 3.06. The number of rotatable bonds is 3. The van der Waals surface area contributed by atoms with E-state index in [1.165, 1.54) is 33.5 Å². The van der Waals surface area contributed by atoms with Crippen LogP contribution in [0.3, 0.4) is 0 Å². The third kappa shape index (κ3) is 2.55. The smallest absolute Gasteiger partial charge is 0.263 e. The van der Waals surface area contributed by atoms with Crippen LogP contribution in [0.25, 0.3) is 10.2 Å². The fraction of sp³-hybridized carbons (Fsp3) is 0.375. The van der Waals surface area contributed by atoms with Gasteiger partial charge in [0.05, 0.1) is 11.7 Å². The number of thiazole rings is 1. The standard InChI is InChI=1S/C16H16N4O2S2/c1-9(13(21)19-16-17-6-7-23-16)20-8-18-14-12(15(20)22)10-4-2-3-5-11(10)24-14/h6-9H,2-5H2,1H3,(H,17,19,21)/t9-/m0/s1. The first kappa shape index (κ1) is 15.5. The molecule has 1 N–H and O–H groups in total. The Labute approximate surface area is 146 Å². The van der Waals surface area contributed by atoms with Gasteiger partial charge in [0.25, 0.3) is 5.56 Å². The van der Waals surface area contributed by atoms with Crippen LogP contribution in [0.2, 0.25) is 0 Å². The summed E-state index contributed by atoms with van der Waals surface area (Å²) in [4.78, 5) is 35.9. The summed E-state index contributed by atoms with van der Waals surface area (Å²) in [5.41, 5.74) is 1.02. The maximum Gasteiger partial charge on any atom is 0.263 e. The van der Waals surface area contributed by atoms with E-state index in [-0.39, 0.29) is 11.5 Å². The molecule has 1 amide bonds. The summed E-state index contributed by atoms with van der Waals surface area (Å²) < 4.78 is 1.42. The van der Waals surface area contributed by atoms with Crippen molar-refractivity contribution >= 4 is 43.9 Å². The number of anilines is 1. The molecule has 6 nitrogen and oxygen atoms in total. The highest BCUT2D eigenvalue weighted by molar-refractivity contribution is 7.18. The number of hydrogen-bond donors (Lipinski definition) is 1. The van der Waals surface area contributed by atoms with E-state index in [1.54, 1.807) is 29.8 Å². The molecule has 3 aromatic rings. The van der Waals surface area contributed by atoms with E-state index >= 15 is 0 Å². The highest BCUT2D eigenvalue weighted by Gasteiger charge is 2.23. The minimum Gasteiger partial charge on any atom is -0.300 e. The van der Waals surface area contributed by atoms with Crippen LogP contribution in [0.15, 0.2) is 22.7 Å². The summed E-state index contributed by atoms with van der Waals surface area (Å²) in [7, 11) is 0. The number of carbonyl (C=O) groups is 1. The molecule has 0 radical (unpaired) electrons. The lowest BCUT2D eigenvalue weighted by atomic mass is 9.97. The lowest BCUT2D eigenvalue weighted by Crippen LogP contribution is -2.32. The first-order chi connectivity index (χ1) is 11.6. The van der Waals surface area contributed by atoms with Crippen molar-refractivity contribution in [2.45, 2.75) is 38.6 Å². The van der Waals surface area contributed by atoms with Crippen molar-refractivity contribution in [3.63, 3.8) is 0 Å². The highest BCUT2D eigenvalue weighted by atomic mass is 32.1. The van der Waals surface area contributed by atoms with Crippen molar-refractivity contribution < 1.29 is 4.79 Å². The normalized spacial score (nSPS) is 15.2.